The van der Waals surface area contributed by atoms with Gasteiger partial charge in [0, 0.05) is 12.2 Å². The van der Waals surface area contributed by atoms with Crippen LogP contribution in [-0.2, 0) is 4.79 Å². The fourth-order valence-corrected chi connectivity index (χ4v) is 1.65. The first-order valence-corrected chi connectivity index (χ1v) is 6.87. The van der Waals surface area contributed by atoms with Crippen molar-refractivity contribution in [3.8, 4) is 0 Å². The van der Waals surface area contributed by atoms with Gasteiger partial charge in [-0.1, -0.05) is 39.8 Å². The molecule has 0 aliphatic carbocycles. The monoisotopic (exact) mass is 262 g/mol. The summed E-state index contributed by atoms with van der Waals surface area (Å²) in [5.41, 5.74) is 7.50. The zero-order valence-corrected chi connectivity index (χ0v) is 12.7. The van der Waals surface area contributed by atoms with Crippen molar-refractivity contribution in [1.82, 2.24) is 5.32 Å². The molecule has 0 radical (unpaired) electrons. The highest BCUT2D eigenvalue weighted by atomic mass is 16.1. The number of carbonyl (C=O) groups is 1. The summed E-state index contributed by atoms with van der Waals surface area (Å²) in [7, 11) is 0. The van der Waals surface area contributed by atoms with Gasteiger partial charge in [0.15, 0.2) is 0 Å². The molecule has 1 amide bonds. The van der Waals surface area contributed by atoms with Crippen LogP contribution < -0.4 is 11.1 Å². The lowest BCUT2D eigenvalue weighted by Crippen LogP contribution is -2.38. The Kier molecular flexibility index (Phi) is 4.98. The minimum Gasteiger partial charge on any atom is -0.399 e. The van der Waals surface area contributed by atoms with E-state index in [-0.39, 0.29) is 17.2 Å². The van der Waals surface area contributed by atoms with Crippen molar-refractivity contribution in [2.45, 2.75) is 40.5 Å². The van der Waals surface area contributed by atoms with E-state index in [1.807, 2.05) is 31.2 Å². The second-order valence-corrected chi connectivity index (χ2v) is 6.25. The average molecular weight is 262 g/mol. The summed E-state index contributed by atoms with van der Waals surface area (Å²) in [4.78, 5) is 12.2. The summed E-state index contributed by atoms with van der Waals surface area (Å²) in [6.07, 6.45) is 0. The Balaban J connectivity index is 2.64. The van der Waals surface area contributed by atoms with Crippen LogP contribution in [0.3, 0.4) is 0 Å². The predicted octanol–water partition coefficient (Wildman–Crippen LogP) is 3.17. The molecule has 106 valence electrons. The van der Waals surface area contributed by atoms with E-state index >= 15 is 0 Å². The van der Waals surface area contributed by atoms with Gasteiger partial charge in [-0.15, -0.1) is 0 Å². The van der Waals surface area contributed by atoms with Crippen LogP contribution in [0, 0.1) is 11.3 Å². The first-order chi connectivity index (χ1) is 8.74. The Morgan fingerprint density at radius 1 is 1.32 bits per heavy atom. The molecule has 0 heterocycles. The van der Waals surface area contributed by atoms with Gasteiger partial charge in [-0.05, 0) is 36.0 Å². The van der Waals surface area contributed by atoms with Crippen LogP contribution >= 0.6 is 0 Å². The van der Waals surface area contributed by atoms with Gasteiger partial charge in [0.05, 0.1) is 5.92 Å². The van der Waals surface area contributed by atoms with Crippen molar-refractivity contribution < 1.29 is 4.79 Å². The molecule has 1 rings (SSSR count). The van der Waals surface area contributed by atoms with Crippen molar-refractivity contribution in [3.63, 3.8) is 0 Å². The van der Waals surface area contributed by atoms with E-state index < -0.39 is 0 Å². The van der Waals surface area contributed by atoms with Gasteiger partial charge in [0.25, 0.3) is 0 Å². The second kappa shape index (κ2) is 6.09. The van der Waals surface area contributed by atoms with Gasteiger partial charge in [-0.2, -0.15) is 0 Å². The number of rotatable bonds is 5. The van der Waals surface area contributed by atoms with E-state index in [2.05, 4.69) is 33.0 Å². The number of hydrogen-bond acceptors (Lipinski definition) is 2. The molecule has 1 aromatic rings. The van der Waals surface area contributed by atoms with Crippen molar-refractivity contribution in [2.75, 3.05) is 12.3 Å². The molecular formula is C16H26N2O. The highest BCUT2D eigenvalue weighted by molar-refractivity contribution is 5.83. The normalized spacial score (nSPS) is 13.4. The molecule has 3 heteroatoms. The lowest BCUT2D eigenvalue weighted by molar-refractivity contribution is -0.122. The number of amides is 1. The lowest BCUT2D eigenvalue weighted by Gasteiger charge is -2.30. The third kappa shape index (κ3) is 4.27. The first-order valence-electron chi connectivity index (χ1n) is 6.87. The van der Waals surface area contributed by atoms with E-state index in [4.69, 9.17) is 5.73 Å². The van der Waals surface area contributed by atoms with Crippen molar-refractivity contribution in [2.24, 2.45) is 11.3 Å². The fraction of sp³-hybridized carbons (Fsp3) is 0.562. The minimum atomic E-state index is -0.175. The van der Waals surface area contributed by atoms with Gasteiger partial charge in [0.1, 0.15) is 0 Å². The topological polar surface area (TPSA) is 55.1 Å². The van der Waals surface area contributed by atoms with E-state index in [9.17, 15) is 4.79 Å². The van der Waals surface area contributed by atoms with E-state index in [0.29, 0.717) is 18.2 Å². The van der Waals surface area contributed by atoms with Crippen LogP contribution in [0.15, 0.2) is 24.3 Å². The number of carbonyl (C=O) groups excluding carboxylic acids is 1. The van der Waals surface area contributed by atoms with Crippen LogP contribution in [0.2, 0.25) is 0 Å². The standard InChI is InChI=1S/C16H26N2O/c1-11(2)16(4,5)10-18-15(19)12(3)13-7-6-8-14(17)9-13/h6-9,11-12H,10,17H2,1-5H3,(H,18,19). The van der Waals surface area contributed by atoms with E-state index in [1.54, 1.807) is 0 Å². The number of nitrogens with two attached hydrogens (primary N) is 1. The van der Waals surface area contributed by atoms with Crippen molar-refractivity contribution in [3.05, 3.63) is 29.8 Å². The van der Waals surface area contributed by atoms with Gasteiger partial charge in [-0.25, -0.2) is 0 Å². The molecule has 0 aliphatic heterocycles. The van der Waals surface area contributed by atoms with Crippen LogP contribution in [0.4, 0.5) is 5.69 Å². The van der Waals surface area contributed by atoms with Crippen molar-refractivity contribution in [1.29, 1.82) is 0 Å². The Bertz CT molecular complexity index is 438. The molecule has 0 saturated heterocycles. The maximum Gasteiger partial charge on any atom is 0.227 e. The number of nitrogen functional groups attached to an aromatic ring is 1. The molecule has 19 heavy (non-hydrogen) atoms. The quantitative estimate of drug-likeness (QED) is 0.801. The van der Waals surface area contributed by atoms with Crippen molar-refractivity contribution >= 4 is 11.6 Å². The number of hydrogen-bond donors (Lipinski definition) is 2. The largest absolute Gasteiger partial charge is 0.399 e. The second-order valence-electron chi connectivity index (χ2n) is 6.25. The third-order valence-corrected chi connectivity index (χ3v) is 4.09. The SMILES string of the molecule is CC(C(=O)NCC(C)(C)C(C)C)c1cccc(N)c1. The number of benzene rings is 1. The Morgan fingerprint density at radius 2 is 1.95 bits per heavy atom. The molecule has 0 saturated carbocycles. The lowest BCUT2D eigenvalue weighted by atomic mass is 9.81. The zero-order chi connectivity index (χ0) is 14.6. The number of nitrogens with one attached hydrogen (secondary N) is 1. The number of anilines is 1. The van der Waals surface area contributed by atoms with Crippen LogP contribution in [0.25, 0.3) is 0 Å². The molecular weight excluding hydrogens is 236 g/mol. The van der Waals surface area contributed by atoms with E-state index in [1.165, 1.54) is 0 Å². The third-order valence-electron chi connectivity index (χ3n) is 4.09. The maximum atomic E-state index is 12.2. The Labute approximate surface area is 116 Å². The van der Waals surface area contributed by atoms with Gasteiger partial charge in [0.2, 0.25) is 5.91 Å². The van der Waals surface area contributed by atoms with Gasteiger partial charge >= 0.3 is 0 Å². The molecule has 3 N–H and O–H groups in total. The smallest absolute Gasteiger partial charge is 0.227 e. The summed E-state index contributed by atoms with van der Waals surface area (Å²) < 4.78 is 0. The minimum absolute atomic E-state index is 0.0549. The van der Waals surface area contributed by atoms with Crippen LogP contribution in [-0.4, -0.2) is 12.5 Å². The molecule has 0 bridgehead atoms. The molecule has 1 aromatic carbocycles. The molecule has 1 atom stereocenters. The summed E-state index contributed by atoms with van der Waals surface area (Å²) >= 11 is 0. The van der Waals surface area contributed by atoms with Crippen LogP contribution in [0.5, 0.6) is 0 Å². The maximum absolute atomic E-state index is 12.2. The van der Waals surface area contributed by atoms with Gasteiger partial charge < -0.3 is 11.1 Å². The average Bonchev–Trinajstić information content (AvgIpc) is 2.35. The molecule has 1 unspecified atom stereocenters. The highest BCUT2D eigenvalue weighted by Gasteiger charge is 2.24. The Morgan fingerprint density at radius 3 is 2.47 bits per heavy atom. The fourth-order valence-electron chi connectivity index (χ4n) is 1.65. The Hall–Kier alpha value is -1.51. The molecule has 0 fully saturated rings. The summed E-state index contributed by atoms with van der Waals surface area (Å²) in [5, 5.41) is 3.04. The van der Waals surface area contributed by atoms with E-state index in [0.717, 1.165) is 5.56 Å². The zero-order valence-electron chi connectivity index (χ0n) is 12.7. The predicted molar refractivity (Wildman–Crippen MR) is 80.9 cm³/mol. The summed E-state index contributed by atoms with van der Waals surface area (Å²) in [5.74, 6) is 0.404. The highest BCUT2D eigenvalue weighted by Crippen LogP contribution is 2.25. The molecule has 0 spiro atoms. The molecule has 0 aliphatic rings. The first kappa shape index (κ1) is 15.5. The summed E-state index contributed by atoms with van der Waals surface area (Å²) in [6, 6.07) is 7.51. The van der Waals surface area contributed by atoms with Crippen LogP contribution in [0.1, 0.15) is 46.1 Å². The molecule has 0 aromatic heterocycles. The summed E-state index contributed by atoms with van der Waals surface area (Å²) in [6.45, 7) is 11.3. The van der Waals surface area contributed by atoms with Gasteiger partial charge in [-0.3, -0.25) is 4.79 Å². The molecule has 3 nitrogen and oxygen atoms in total.